The fourth-order valence-corrected chi connectivity index (χ4v) is 2.63. The van der Waals surface area contributed by atoms with Gasteiger partial charge in [-0.25, -0.2) is 0 Å². The first kappa shape index (κ1) is 11.9. The third kappa shape index (κ3) is 2.41. The molecule has 1 aromatic carbocycles. The van der Waals surface area contributed by atoms with Crippen LogP contribution in [0.3, 0.4) is 0 Å². The van der Waals surface area contributed by atoms with Crippen LogP contribution in [0.25, 0.3) is 0 Å². The van der Waals surface area contributed by atoms with Gasteiger partial charge in [-0.2, -0.15) is 0 Å². The first-order valence-electron chi connectivity index (χ1n) is 5.75. The summed E-state index contributed by atoms with van der Waals surface area (Å²) in [5.41, 5.74) is 2.68. The Morgan fingerprint density at radius 1 is 1.31 bits per heavy atom. The fourth-order valence-electron chi connectivity index (χ4n) is 2.27. The summed E-state index contributed by atoms with van der Waals surface area (Å²) in [6, 6.07) is 6.41. The molecule has 0 atom stereocenters. The van der Waals surface area contributed by atoms with E-state index in [0.29, 0.717) is 6.10 Å². The number of methoxy groups -OCH3 is 1. The molecule has 0 amide bonds. The van der Waals surface area contributed by atoms with E-state index in [0.717, 1.165) is 25.9 Å². The van der Waals surface area contributed by atoms with Gasteiger partial charge in [0.1, 0.15) is 0 Å². The van der Waals surface area contributed by atoms with Crippen molar-refractivity contribution in [1.29, 1.82) is 0 Å². The molecule has 3 heteroatoms. The van der Waals surface area contributed by atoms with Crippen molar-refractivity contribution in [3.05, 3.63) is 28.2 Å². The van der Waals surface area contributed by atoms with Crippen molar-refractivity contribution in [2.45, 2.75) is 25.9 Å². The van der Waals surface area contributed by atoms with E-state index in [1.165, 1.54) is 15.7 Å². The molecule has 1 aliphatic heterocycles. The van der Waals surface area contributed by atoms with Crippen LogP contribution in [0, 0.1) is 6.92 Å². The number of nitrogens with zero attached hydrogens (tertiary/aromatic N) is 1. The smallest absolute Gasteiger partial charge is 0.0605 e. The molecule has 1 aliphatic rings. The quantitative estimate of drug-likeness (QED) is 0.825. The Morgan fingerprint density at radius 3 is 2.62 bits per heavy atom. The zero-order chi connectivity index (χ0) is 11.5. The van der Waals surface area contributed by atoms with E-state index in [1.807, 2.05) is 7.11 Å². The van der Waals surface area contributed by atoms with Crippen molar-refractivity contribution in [3.8, 4) is 0 Å². The molecule has 0 spiro atoms. The maximum atomic E-state index is 5.39. The van der Waals surface area contributed by atoms with Crippen LogP contribution in [0.4, 0.5) is 5.69 Å². The molecular weight excluding hydrogens is 266 g/mol. The molecular formula is C13H18BrNO. The normalized spacial score (nSPS) is 17.8. The molecule has 1 heterocycles. The first-order valence-corrected chi connectivity index (χ1v) is 6.54. The summed E-state index contributed by atoms with van der Waals surface area (Å²) in [5.74, 6) is 0. The van der Waals surface area contributed by atoms with E-state index in [-0.39, 0.29) is 0 Å². The highest BCUT2D eigenvalue weighted by molar-refractivity contribution is 9.10. The lowest BCUT2D eigenvalue weighted by molar-refractivity contribution is 0.0819. The summed E-state index contributed by atoms with van der Waals surface area (Å²) < 4.78 is 6.59. The number of rotatable bonds is 2. The summed E-state index contributed by atoms with van der Waals surface area (Å²) in [4.78, 5) is 2.45. The molecule has 0 N–H and O–H groups in total. The Morgan fingerprint density at radius 2 is 2.00 bits per heavy atom. The highest BCUT2D eigenvalue weighted by Gasteiger charge is 2.20. The van der Waals surface area contributed by atoms with Gasteiger partial charge in [0.2, 0.25) is 0 Å². The number of hydrogen-bond donors (Lipinski definition) is 0. The van der Waals surface area contributed by atoms with Crippen LogP contribution < -0.4 is 4.90 Å². The van der Waals surface area contributed by atoms with E-state index >= 15 is 0 Å². The van der Waals surface area contributed by atoms with Crippen LogP contribution in [0.15, 0.2) is 22.7 Å². The van der Waals surface area contributed by atoms with E-state index in [1.54, 1.807) is 0 Å². The second-order valence-electron chi connectivity index (χ2n) is 4.31. The lowest BCUT2D eigenvalue weighted by atomic mass is 10.1. The van der Waals surface area contributed by atoms with Gasteiger partial charge in [0.25, 0.3) is 0 Å². The second kappa shape index (κ2) is 5.19. The first-order chi connectivity index (χ1) is 7.72. The predicted molar refractivity (Wildman–Crippen MR) is 71.1 cm³/mol. The molecule has 0 bridgehead atoms. The number of benzene rings is 1. The molecule has 2 nitrogen and oxygen atoms in total. The van der Waals surface area contributed by atoms with Gasteiger partial charge in [-0.3, -0.25) is 0 Å². The van der Waals surface area contributed by atoms with Gasteiger partial charge in [0, 0.05) is 30.4 Å². The largest absolute Gasteiger partial charge is 0.381 e. The van der Waals surface area contributed by atoms with Crippen molar-refractivity contribution in [3.63, 3.8) is 0 Å². The number of anilines is 1. The van der Waals surface area contributed by atoms with Crippen LogP contribution in [-0.2, 0) is 4.74 Å². The van der Waals surface area contributed by atoms with E-state index < -0.39 is 0 Å². The Bertz CT molecular complexity index is 359. The highest BCUT2D eigenvalue weighted by atomic mass is 79.9. The van der Waals surface area contributed by atoms with Crippen molar-refractivity contribution in [2.75, 3.05) is 25.1 Å². The van der Waals surface area contributed by atoms with Crippen LogP contribution in [0.2, 0.25) is 0 Å². The van der Waals surface area contributed by atoms with E-state index in [4.69, 9.17) is 4.74 Å². The maximum Gasteiger partial charge on any atom is 0.0605 e. The lowest BCUT2D eigenvalue weighted by Crippen LogP contribution is -2.37. The zero-order valence-corrected chi connectivity index (χ0v) is 11.5. The molecule has 1 fully saturated rings. The minimum atomic E-state index is 0.448. The predicted octanol–water partition coefficient (Wildman–Crippen LogP) is 3.37. The van der Waals surface area contributed by atoms with Crippen LogP contribution in [-0.4, -0.2) is 26.3 Å². The van der Waals surface area contributed by atoms with Gasteiger partial charge < -0.3 is 9.64 Å². The number of hydrogen-bond acceptors (Lipinski definition) is 2. The molecule has 16 heavy (non-hydrogen) atoms. The average molecular weight is 284 g/mol. The van der Waals surface area contributed by atoms with Crippen molar-refractivity contribution in [2.24, 2.45) is 0 Å². The Balaban J connectivity index is 2.11. The van der Waals surface area contributed by atoms with Gasteiger partial charge in [0.15, 0.2) is 0 Å². The van der Waals surface area contributed by atoms with Gasteiger partial charge in [-0.15, -0.1) is 0 Å². The second-order valence-corrected chi connectivity index (χ2v) is 5.16. The van der Waals surface area contributed by atoms with Gasteiger partial charge >= 0.3 is 0 Å². The fraction of sp³-hybridized carbons (Fsp3) is 0.538. The van der Waals surface area contributed by atoms with Gasteiger partial charge in [0.05, 0.1) is 6.10 Å². The van der Waals surface area contributed by atoms with Crippen molar-refractivity contribution >= 4 is 21.6 Å². The zero-order valence-electron chi connectivity index (χ0n) is 9.87. The van der Waals surface area contributed by atoms with E-state index in [9.17, 15) is 0 Å². The molecule has 0 aliphatic carbocycles. The van der Waals surface area contributed by atoms with E-state index in [2.05, 4.69) is 46.0 Å². The standard InChI is InChI=1S/C13H18BrNO/c1-10-12(14)4-3-5-13(10)15-8-6-11(16-2)7-9-15/h3-5,11H,6-9H2,1-2H3. The summed E-state index contributed by atoms with van der Waals surface area (Å²) in [5, 5.41) is 0. The minimum Gasteiger partial charge on any atom is -0.381 e. The summed E-state index contributed by atoms with van der Waals surface area (Å²) in [7, 11) is 1.81. The summed E-state index contributed by atoms with van der Waals surface area (Å²) in [6.07, 6.45) is 2.70. The van der Waals surface area contributed by atoms with Crippen molar-refractivity contribution in [1.82, 2.24) is 0 Å². The van der Waals surface area contributed by atoms with Crippen molar-refractivity contribution < 1.29 is 4.74 Å². The lowest BCUT2D eigenvalue weighted by Gasteiger charge is -2.34. The van der Waals surface area contributed by atoms with Crippen LogP contribution >= 0.6 is 15.9 Å². The molecule has 0 unspecified atom stereocenters. The monoisotopic (exact) mass is 283 g/mol. The third-order valence-electron chi connectivity index (χ3n) is 3.36. The minimum absolute atomic E-state index is 0.448. The third-order valence-corrected chi connectivity index (χ3v) is 4.21. The van der Waals surface area contributed by atoms with Gasteiger partial charge in [-0.05, 0) is 37.5 Å². The number of halogens is 1. The molecule has 0 aromatic heterocycles. The summed E-state index contributed by atoms with van der Waals surface area (Å²) in [6.45, 7) is 4.35. The maximum absolute atomic E-state index is 5.39. The Kier molecular flexibility index (Phi) is 3.87. The highest BCUT2D eigenvalue weighted by Crippen LogP contribution is 2.29. The number of ether oxygens (including phenoxy) is 1. The van der Waals surface area contributed by atoms with Gasteiger partial charge in [-0.1, -0.05) is 22.0 Å². The Hall–Kier alpha value is -0.540. The van der Waals surface area contributed by atoms with Crippen LogP contribution in [0.1, 0.15) is 18.4 Å². The van der Waals surface area contributed by atoms with Crippen LogP contribution in [0.5, 0.6) is 0 Å². The molecule has 0 radical (unpaired) electrons. The molecule has 88 valence electrons. The molecule has 2 rings (SSSR count). The topological polar surface area (TPSA) is 12.5 Å². The average Bonchev–Trinajstić information content (AvgIpc) is 2.33. The summed E-state index contributed by atoms with van der Waals surface area (Å²) >= 11 is 3.59. The SMILES string of the molecule is COC1CCN(c2cccc(Br)c2C)CC1. The number of piperidine rings is 1. The molecule has 1 aromatic rings. The molecule has 0 saturated carbocycles. The Labute approximate surface area is 106 Å². The molecule has 1 saturated heterocycles.